The van der Waals surface area contributed by atoms with Crippen molar-refractivity contribution in [2.75, 3.05) is 36.4 Å². The van der Waals surface area contributed by atoms with Crippen molar-refractivity contribution in [3.63, 3.8) is 0 Å². The zero-order chi connectivity index (χ0) is 15.5. The van der Waals surface area contributed by atoms with Gasteiger partial charge in [-0.25, -0.2) is 4.98 Å². The molecule has 0 bridgehead atoms. The number of carbonyl (C=O) groups is 1. The van der Waals surface area contributed by atoms with E-state index in [0.717, 1.165) is 48.6 Å². The molecule has 1 saturated heterocycles. The Bertz CT molecular complexity index is 664. The van der Waals surface area contributed by atoms with Gasteiger partial charge < -0.3 is 9.80 Å². The van der Waals surface area contributed by atoms with Gasteiger partial charge in [-0.1, -0.05) is 40.3 Å². The van der Waals surface area contributed by atoms with Crippen LogP contribution in [0, 0.1) is 0 Å². The highest BCUT2D eigenvalue weighted by atomic mass is 79.9. The Morgan fingerprint density at radius 2 is 2.09 bits per heavy atom. The smallest absolute Gasteiger partial charge is 0.223 e. The molecule has 3 rings (SSSR count). The summed E-state index contributed by atoms with van der Waals surface area (Å²) >= 11 is 5.09. The van der Waals surface area contributed by atoms with Gasteiger partial charge in [0.05, 0.1) is 10.2 Å². The van der Waals surface area contributed by atoms with Crippen LogP contribution in [0.3, 0.4) is 0 Å². The standard InChI is InChI=1S/C16H20BrN3OS/c1-2-12-3-4-13-14(11-12)22-16(18-13)20-9-7-19(8-10-20)15(21)5-6-17/h3-4,11H,2,5-10H2,1H3. The number of fused-ring (bicyclic) bond motifs is 1. The predicted molar refractivity (Wildman–Crippen MR) is 96.2 cm³/mol. The number of rotatable bonds is 4. The van der Waals surface area contributed by atoms with Crippen molar-refractivity contribution >= 4 is 48.5 Å². The SMILES string of the molecule is CCc1ccc2nc(N3CCN(C(=O)CCBr)CC3)sc2c1. The first kappa shape index (κ1) is 15.7. The van der Waals surface area contributed by atoms with Crippen LogP contribution >= 0.6 is 27.3 Å². The average molecular weight is 382 g/mol. The first-order valence-corrected chi connectivity index (χ1v) is 9.63. The molecule has 2 heterocycles. The number of aromatic nitrogens is 1. The highest BCUT2D eigenvalue weighted by Crippen LogP contribution is 2.30. The predicted octanol–water partition coefficient (Wildman–Crippen LogP) is 3.29. The highest BCUT2D eigenvalue weighted by molar-refractivity contribution is 9.09. The van der Waals surface area contributed by atoms with Crippen LogP contribution in [0.5, 0.6) is 0 Å². The topological polar surface area (TPSA) is 36.4 Å². The first-order valence-electron chi connectivity index (χ1n) is 7.69. The van der Waals surface area contributed by atoms with E-state index in [2.05, 4.69) is 46.0 Å². The van der Waals surface area contributed by atoms with Crippen molar-refractivity contribution in [1.82, 2.24) is 9.88 Å². The Balaban J connectivity index is 1.69. The van der Waals surface area contributed by atoms with Crippen LogP contribution in [0.2, 0.25) is 0 Å². The molecule has 0 radical (unpaired) electrons. The first-order chi connectivity index (χ1) is 10.7. The van der Waals surface area contributed by atoms with Crippen molar-refractivity contribution in [2.24, 2.45) is 0 Å². The Labute approximate surface area is 143 Å². The Morgan fingerprint density at radius 3 is 2.77 bits per heavy atom. The minimum Gasteiger partial charge on any atom is -0.345 e. The van der Waals surface area contributed by atoms with Crippen LogP contribution in [0.1, 0.15) is 18.9 Å². The van der Waals surface area contributed by atoms with Gasteiger partial charge in [-0.05, 0) is 24.1 Å². The van der Waals surface area contributed by atoms with Gasteiger partial charge in [0, 0.05) is 37.9 Å². The van der Waals surface area contributed by atoms with Crippen LogP contribution in [-0.4, -0.2) is 47.3 Å². The number of thiazole rings is 1. The molecule has 0 N–H and O–H groups in total. The number of anilines is 1. The minimum atomic E-state index is 0.244. The number of aryl methyl sites for hydroxylation is 1. The highest BCUT2D eigenvalue weighted by Gasteiger charge is 2.22. The third-order valence-electron chi connectivity index (χ3n) is 4.06. The number of hydrogen-bond donors (Lipinski definition) is 0. The van der Waals surface area contributed by atoms with E-state index >= 15 is 0 Å². The van der Waals surface area contributed by atoms with Crippen molar-refractivity contribution in [2.45, 2.75) is 19.8 Å². The lowest BCUT2D eigenvalue weighted by Crippen LogP contribution is -2.48. The maximum atomic E-state index is 11.9. The lowest BCUT2D eigenvalue weighted by atomic mass is 10.2. The molecule has 1 aliphatic rings. The molecule has 118 valence electrons. The number of amides is 1. The molecule has 4 nitrogen and oxygen atoms in total. The average Bonchev–Trinajstić information content (AvgIpc) is 2.98. The molecule has 1 amide bonds. The fourth-order valence-corrected chi connectivity index (χ4v) is 4.12. The summed E-state index contributed by atoms with van der Waals surface area (Å²) in [5.74, 6) is 0.244. The van der Waals surface area contributed by atoms with Crippen molar-refractivity contribution < 1.29 is 4.79 Å². The van der Waals surface area contributed by atoms with E-state index in [1.165, 1.54) is 10.3 Å². The van der Waals surface area contributed by atoms with E-state index in [1.807, 2.05) is 4.90 Å². The Kier molecular flexibility index (Phi) is 4.98. The van der Waals surface area contributed by atoms with Gasteiger partial charge in [0.15, 0.2) is 5.13 Å². The fourth-order valence-electron chi connectivity index (χ4n) is 2.70. The summed E-state index contributed by atoms with van der Waals surface area (Å²) in [6, 6.07) is 6.51. The van der Waals surface area contributed by atoms with Gasteiger partial charge in [0.1, 0.15) is 0 Å². The fraction of sp³-hybridized carbons (Fsp3) is 0.500. The van der Waals surface area contributed by atoms with Gasteiger partial charge in [-0.15, -0.1) is 0 Å². The summed E-state index contributed by atoms with van der Waals surface area (Å²) in [6.07, 6.45) is 1.64. The minimum absolute atomic E-state index is 0.244. The molecule has 0 spiro atoms. The summed E-state index contributed by atoms with van der Waals surface area (Å²) in [6.45, 7) is 5.50. The number of piperazine rings is 1. The second-order valence-corrected chi connectivity index (χ2v) is 7.26. The van der Waals surface area contributed by atoms with E-state index in [-0.39, 0.29) is 5.91 Å². The van der Waals surface area contributed by atoms with Crippen molar-refractivity contribution in [3.05, 3.63) is 23.8 Å². The molecule has 22 heavy (non-hydrogen) atoms. The van der Waals surface area contributed by atoms with E-state index in [1.54, 1.807) is 11.3 Å². The molecule has 1 aromatic carbocycles. The number of alkyl halides is 1. The molecule has 2 aromatic rings. The molecule has 0 unspecified atom stereocenters. The lowest BCUT2D eigenvalue weighted by molar-refractivity contribution is -0.131. The number of benzene rings is 1. The van der Waals surface area contributed by atoms with Crippen LogP contribution < -0.4 is 4.90 Å². The molecule has 0 saturated carbocycles. The van der Waals surface area contributed by atoms with E-state index in [9.17, 15) is 4.79 Å². The normalized spacial score (nSPS) is 15.5. The van der Waals surface area contributed by atoms with E-state index in [0.29, 0.717) is 6.42 Å². The molecule has 6 heteroatoms. The van der Waals surface area contributed by atoms with Gasteiger partial charge in [0.25, 0.3) is 0 Å². The molecule has 1 aromatic heterocycles. The van der Waals surface area contributed by atoms with Crippen LogP contribution in [0.25, 0.3) is 10.2 Å². The summed E-state index contributed by atoms with van der Waals surface area (Å²) < 4.78 is 1.26. The third-order valence-corrected chi connectivity index (χ3v) is 5.54. The van der Waals surface area contributed by atoms with Crippen LogP contribution in [-0.2, 0) is 11.2 Å². The maximum absolute atomic E-state index is 11.9. The molecule has 1 aliphatic heterocycles. The molecule has 0 atom stereocenters. The van der Waals surface area contributed by atoms with Crippen LogP contribution in [0.15, 0.2) is 18.2 Å². The number of nitrogens with zero attached hydrogens (tertiary/aromatic N) is 3. The summed E-state index contributed by atoms with van der Waals surface area (Å²) in [7, 11) is 0. The van der Waals surface area contributed by atoms with Crippen molar-refractivity contribution in [1.29, 1.82) is 0 Å². The molecular weight excluding hydrogens is 362 g/mol. The van der Waals surface area contributed by atoms with Crippen molar-refractivity contribution in [3.8, 4) is 0 Å². The summed E-state index contributed by atoms with van der Waals surface area (Å²) in [5, 5.41) is 1.82. The Hall–Kier alpha value is -1.14. The zero-order valence-electron chi connectivity index (χ0n) is 12.7. The quantitative estimate of drug-likeness (QED) is 0.762. The molecule has 0 aliphatic carbocycles. The second-order valence-electron chi connectivity index (χ2n) is 5.46. The lowest BCUT2D eigenvalue weighted by Gasteiger charge is -2.34. The van der Waals surface area contributed by atoms with E-state index in [4.69, 9.17) is 4.98 Å². The van der Waals surface area contributed by atoms with Gasteiger partial charge in [0.2, 0.25) is 5.91 Å². The molecule has 1 fully saturated rings. The van der Waals surface area contributed by atoms with Gasteiger partial charge >= 0.3 is 0 Å². The van der Waals surface area contributed by atoms with Gasteiger partial charge in [-0.2, -0.15) is 0 Å². The van der Waals surface area contributed by atoms with Gasteiger partial charge in [-0.3, -0.25) is 4.79 Å². The summed E-state index contributed by atoms with van der Waals surface area (Å²) in [4.78, 5) is 20.9. The maximum Gasteiger partial charge on any atom is 0.223 e. The Morgan fingerprint density at radius 1 is 1.32 bits per heavy atom. The van der Waals surface area contributed by atoms with Crippen LogP contribution in [0.4, 0.5) is 5.13 Å². The monoisotopic (exact) mass is 381 g/mol. The summed E-state index contributed by atoms with van der Waals surface area (Å²) in [5.41, 5.74) is 2.43. The van der Waals surface area contributed by atoms with E-state index < -0.39 is 0 Å². The zero-order valence-corrected chi connectivity index (χ0v) is 15.1. The third kappa shape index (κ3) is 3.27. The largest absolute Gasteiger partial charge is 0.345 e. The second kappa shape index (κ2) is 6.96. The number of hydrogen-bond acceptors (Lipinski definition) is 4. The molecular formula is C16H20BrN3OS. The number of carbonyl (C=O) groups excluding carboxylic acids is 1. The number of halogens is 1.